The third kappa shape index (κ3) is 3.09. The molecule has 0 aromatic heterocycles. The summed E-state index contributed by atoms with van der Waals surface area (Å²) in [5.41, 5.74) is 7.96. The lowest BCUT2D eigenvalue weighted by molar-refractivity contribution is 0.281. The maximum absolute atomic E-state index is 5.90. The zero-order valence-electron chi connectivity index (χ0n) is 12.4. The zero-order chi connectivity index (χ0) is 14.7. The number of nitrogens with one attached hydrogen (secondary N) is 1. The minimum Gasteiger partial charge on any atom is -0.493 e. The molecule has 1 atom stereocenters. The summed E-state index contributed by atoms with van der Waals surface area (Å²) >= 11 is 0. The molecular weight excluding hydrogens is 260 g/mol. The second-order valence-corrected chi connectivity index (χ2v) is 5.70. The Morgan fingerprint density at radius 3 is 2.76 bits per heavy atom. The molecule has 2 aromatic rings. The number of fused-ring (bicyclic) bond motifs is 1. The third-order valence-corrected chi connectivity index (χ3v) is 4.10. The number of para-hydroxylation sites is 1. The predicted molar refractivity (Wildman–Crippen MR) is 85.2 cm³/mol. The molecular formula is C18H22N2O. The lowest BCUT2D eigenvalue weighted by Gasteiger charge is -2.25. The minimum absolute atomic E-state index is 0.0701. The maximum atomic E-state index is 5.90. The van der Waals surface area contributed by atoms with Gasteiger partial charge in [0.1, 0.15) is 5.75 Å². The largest absolute Gasteiger partial charge is 0.493 e. The fourth-order valence-electron chi connectivity index (χ4n) is 2.91. The van der Waals surface area contributed by atoms with E-state index in [1.54, 1.807) is 0 Å². The fraction of sp³-hybridized carbons (Fsp3) is 0.333. The standard InChI is InChI=1S/C18H22N2O/c1-13-7-9-14(10-8-13)12-17(20-19)16-6-2-4-15-5-3-11-21-18(15)16/h2,4,6-10,17,20H,3,5,11-12,19H2,1H3. The molecule has 0 saturated carbocycles. The van der Waals surface area contributed by atoms with Gasteiger partial charge in [-0.3, -0.25) is 11.3 Å². The summed E-state index contributed by atoms with van der Waals surface area (Å²) in [4.78, 5) is 0. The van der Waals surface area contributed by atoms with Crippen molar-refractivity contribution in [3.8, 4) is 5.75 Å². The van der Waals surface area contributed by atoms with Crippen LogP contribution in [0.25, 0.3) is 0 Å². The van der Waals surface area contributed by atoms with Crippen molar-refractivity contribution in [2.45, 2.75) is 32.2 Å². The number of benzene rings is 2. The smallest absolute Gasteiger partial charge is 0.127 e. The van der Waals surface area contributed by atoms with Crippen LogP contribution >= 0.6 is 0 Å². The number of rotatable bonds is 4. The molecule has 0 amide bonds. The maximum Gasteiger partial charge on any atom is 0.127 e. The highest BCUT2D eigenvalue weighted by Gasteiger charge is 2.20. The van der Waals surface area contributed by atoms with Crippen molar-refractivity contribution in [3.63, 3.8) is 0 Å². The van der Waals surface area contributed by atoms with Crippen LogP contribution in [0.3, 0.4) is 0 Å². The summed E-state index contributed by atoms with van der Waals surface area (Å²) in [7, 11) is 0. The molecule has 3 rings (SSSR count). The van der Waals surface area contributed by atoms with Gasteiger partial charge in [0.25, 0.3) is 0 Å². The first kappa shape index (κ1) is 14.1. The highest BCUT2D eigenvalue weighted by atomic mass is 16.5. The topological polar surface area (TPSA) is 47.3 Å². The Morgan fingerprint density at radius 2 is 2.00 bits per heavy atom. The van der Waals surface area contributed by atoms with Gasteiger partial charge in [0.15, 0.2) is 0 Å². The van der Waals surface area contributed by atoms with Gasteiger partial charge in [0, 0.05) is 5.56 Å². The first-order valence-corrected chi connectivity index (χ1v) is 7.54. The van der Waals surface area contributed by atoms with Crippen LogP contribution in [0.4, 0.5) is 0 Å². The molecule has 1 aliphatic rings. The van der Waals surface area contributed by atoms with Crippen LogP contribution in [0.5, 0.6) is 5.75 Å². The van der Waals surface area contributed by atoms with Gasteiger partial charge in [0.05, 0.1) is 12.6 Å². The summed E-state index contributed by atoms with van der Waals surface area (Å²) in [5, 5.41) is 0. The lowest BCUT2D eigenvalue weighted by atomic mass is 9.94. The number of ether oxygens (including phenoxy) is 1. The molecule has 0 saturated heterocycles. The molecule has 0 fully saturated rings. The van der Waals surface area contributed by atoms with Crippen molar-refractivity contribution in [1.82, 2.24) is 5.43 Å². The van der Waals surface area contributed by atoms with E-state index in [0.717, 1.165) is 37.2 Å². The fourth-order valence-corrected chi connectivity index (χ4v) is 2.91. The first-order valence-electron chi connectivity index (χ1n) is 7.54. The van der Waals surface area contributed by atoms with E-state index >= 15 is 0 Å². The van der Waals surface area contributed by atoms with Gasteiger partial charge in [-0.2, -0.15) is 0 Å². The van der Waals surface area contributed by atoms with Gasteiger partial charge in [-0.05, 0) is 37.3 Å². The van der Waals surface area contributed by atoms with Gasteiger partial charge in [-0.15, -0.1) is 0 Å². The molecule has 3 nitrogen and oxygen atoms in total. The second-order valence-electron chi connectivity index (χ2n) is 5.70. The molecule has 1 unspecified atom stereocenters. The summed E-state index contributed by atoms with van der Waals surface area (Å²) in [6.07, 6.45) is 3.04. The normalized spacial score (nSPS) is 15.1. The minimum atomic E-state index is 0.0701. The predicted octanol–water partition coefficient (Wildman–Crippen LogP) is 3.07. The van der Waals surface area contributed by atoms with Crippen molar-refractivity contribution in [3.05, 3.63) is 64.7 Å². The van der Waals surface area contributed by atoms with Crippen LogP contribution in [-0.4, -0.2) is 6.61 Å². The Balaban J connectivity index is 1.88. The number of nitrogens with two attached hydrogens (primary N) is 1. The van der Waals surface area contributed by atoms with Crippen LogP contribution < -0.4 is 16.0 Å². The van der Waals surface area contributed by atoms with Gasteiger partial charge >= 0.3 is 0 Å². The van der Waals surface area contributed by atoms with Crippen LogP contribution in [0.15, 0.2) is 42.5 Å². The molecule has 21 heavy (non-hydrogen) atoms. The number of hydrazine groups is 1. The second kappa shape index (κ2) is 6.29. The molecule has 110 valence electrons. The molecule has 3 heteroatoms. The average Bonchev–Trinajstić information content (AvgIpc) is 2.54. The zero-order valence-corrected chi connectivity index (χ0v) is 12.4. The molecule has 1 heterocycles. The van der Waals surface area contributed by atoms with Crippen LogP contribution in [0.2, 0.25) is 0 Å². The molecule has 3 N–H and O–H groups in total. The third-order valence-electron chi connectivity index (χ3n) is 4.10. The molecule has 0 bridgehead atoms. The molecule has 0 radical (unpaired) electrons. The average molecular weight is 282 g/mol. The van der Waals surface area contributed by atoms with E-state index in [0.29, 0.717) is 0 Å². The lowest BCUT2D eigenvalue weighted by Crippen LogP contribution is -2.30. The summed E-state index contributed by atoms with van der Waals surface area (Å²) in [6.45, 7) is 2.90. The van der Waals surface area contributed by atoms with Crippen LogP contribution in [0.1, 0.15) is 34.7 Å². The van der Waals surface area contributed by atoms with Gasteiger partial charge in [-0.25, -0.2) is 0 Å². The number of hydrogen-bond acceptors (Lipinski definition) is 3. The van der Waals surface area contributed by atoms with E-state index in [1.165, 1.54) is 16.7 Å². The van der Waals surface area contributed by atoms with Gasteiger partial charge in [-0.1, -0.05) is 48.0 Å². The summed E-state index contributed by atoms with van der Waals surface area (Å²) in [5.74, 6) is 6.84. The molecule has 0 aliphatic carbocycles. The van der Waals surface area contributed by atoms with E-state index in [4.69, 9.17) is 10.6 Å². The van der Waals surface area contributed by atoms with Crippen molar-refractivity contribution >= 4 is 0 Å². The number of aryl methyl sites for hydroxylation is 2. The SMILES string of the molecule is Cc1ccc(CC(NN)c2cccc3c2OCCC3)cc1. The highest BCUT2D eigenvalue weighted by molar-refractivity contribution is 5.45. The van der Waals surface area contributed by atoms with Crippen LogP contribution in [-0.2, 0) is 12.8 Å². The Hall–Kier alpha value is -1.84. The Bertz CT molecular complexity index is 607. The van der Waals surface area contributed by atoms with E-state index in [-0.39, 0.29) is 6.04 Å². The molecule has 1 aliphatic heterocycles. The Kier molecular flexibility index (Phi) is 4.23. The quantitative estimate of drug-likeness (QED) is 0.669. The van der Waals surface area contributed by atoms with E-state index in [1.807, 2.05) is 0 Å². The van der Waals surface area contributed by atoms with E-state index in [9.17, 15) is 0 Å². The van der Waals surface area contributed by atoms with Gasteiger partial charge in [0.2, 0.25) is 0 Å². The van der Waals surface area contributed by atoms with Crippen molar-refractivity contribution in [1.29, 1.82) is 0 Å². The molecule has 2 aromatic carbocycles. The van der Waals surface area contributed by atoms with E-state index < -0.39 is 0 Å². The summed E-state index contributed by atoms with van der Waals surface area (Å²) in [6, 6.07) is 15.0. The molecule has 0 spiro atoms. The van der Waals surface area contributed by atoms with Gasteiger partial charge < -0.3 is 4.74 Å². The number of hydrogen-bond donors (Lipinski definition) is 2. The van der Waals surface area contributed by atoms with E-state index in [2.05, 4.69) is 54.8 Å². The van der Waals surface area contributed by atoms with Crippen molar-refractivity contribution in [2.24, 2.45) is 5.84 Å². The van der Waals surface area contributed by atoms with Crippen molar-refractivity contribution < 1.29 is 4.74 Å². The summed E-state index contributed by atoms with van der Waals surface area (Å²) < 4.78 is 5.90. The van der Waals surface area contributed by atoms with Crippen molar-refractivity contribution in [2.75, 3.05) is 6.61 Å². The monoisotopic (exact) mass is 282 g/mol. The Labute approximate surface area is 126 Å². The highest BCUT2D eigenvalue weighted by Crippen LogP contribution is 2.33. The first-order chi connectivity index (χ1) is 10.3. The Morgan fingerprint density at radius 1 is 1.19 bits per heavy atom. The van der Waals surface area contributed by atoms with Crippen LogP contribution in [0, 0.1) is 6.92 Å².